The summed E-state index contributed by atoms with van der Waals surface area (Å²) in [5, 5.41) is 3.70. The standard InChI is InChI=1S/C36H39Cl2N3O4S/c1-24(2)39-36(43)34(20-28-9-7-6-8-10-28)40(22-29-14-15-30(37)21-33(29)38)35(42)23-41(31-16-13-26(4)27(5)19-31)46(44,45)32-17-11-25(3)12-18-32/h6-19,21,24,34H,20,22-23H2,1-5H3,(H,39,43). The second-order valence-electron chi connectivity index (χ2n) is 11.7. The minimum atomic E-state index is -4.20. The molecule has 0 aliphatic heterocycles. The maximum atomic E-state index is 14.6. The molecule has 0 saturated heterocycles. The van der Waals surface area contributed by atoms with Gasteiger partial charge in [-0.2, -0.15) is 0 Å². The first-order valence-electron chi connectivity index (χ1n) is 15.0. The average molecular weight is 681 g/mol. The minimum Gasteiger partial charge on any atom is -0.352 e. The summed E-state index contributed by atoms with van der Waals surface area (Å²) >= 11 is 12.7. The summed E-state index contributed by atoms with van der Waals surface area (Å²) in [5.41, 5.74) is 4.50. The average Bonchev–Trinajstić information content (AvgIpc) is 3.00. The fourth-order valence-electron chi connectivity index (χ4n) is 5.02. The quantitative estimate of drug-likeness (QED) is 0.171. The zero-order chi connectivity index (χ0) is 33.6. The number of sulfonamides is 1. The molecule has 0 aromatic heterocycles. The zero-order valence-electron chi connectivity index (χ0n) is 26.6. The van der Waals surface area contributed by atoms with Gasteiger partial charge in [0.2, 0.25) is 11.8 Å². The number of amides is 2. The van der Waals surface area contributed by atoms with E-state index < -0.39 is 28.5 Å². The molecule has 4 rings (SSSR count). The van der Waals surface area contributed by atoms with Crippen LogP contribution in [-0.2, 0) is 32.6 Å². The number of carbonyl (C=O) groups excluding carboxylic acids is 2. The highest BCUT2D eigenvalue weighted by molar-refractivity contribution is 7.92. The Morgan fingerprint density at radius 3 is 2.11 bits per heavy atom. The number of benzene rings is 4. The Kier molecular flexibility index (Phi) is 11.5. The van der Waals surface area contributed by atoms with Crippen molar-refractivity contribution < 1.29 is 18.0 Å². The largest absolute Gasteiger partial charge is 0.352 e. The van der Waals surface area contributed by atoms with Gasteiger partial charge in [0.1, 0.15) is 12.6 Å². The molecule has 1 atom stereocenters. The molecule has 0 aliphatic rings. The Labute approximate surface area is 282 Å². The maximum absolute atomic E-state index is 14.6. The Balaban J connectivity index is 1.84. The maximum Gasteiger partial charge on any atom is 0.264 e. The van der Waals surface area contributed by atoms with E-state index in [-0.39, 0.29) is 29.8 Å². The van der Waals surface area contributed by atoms with E-state index >= 15 is 0 Å². The van der Waals surface area contributed by atoms with Gasteiger partial charge in [-0.15, -0.1) is 0 Å². The molecule has 1 N–H and O–H groups in total. The number of carbonyl (C=O) groups is 2. The first-order valence-corrected chi connectivity index (χ1v) is 17.2. The van der Waals surface area contributed by atoms with Crippen molar-refractivity contribution in [2.24, 2.45) is 0 Å². The van der Waals surface area contributed by atoms with Crippen LogP contribution in [0.2, 0.25) is 10.0 Å². The fourth-order valence-corrected chi connectivity index (χ4v) is 6.89. The van der Waals surface area contributed by atoms with Crippen LogP contribution in [0.4, 0.5) is 5.69 Å². The first-order chi connectivity index (χ1) is 21.8. The molecule has 4 aromatic rings. The SMILES string of the molecule is Cc1ccc(S(=O)(=O)N(CC(=O)N(Cc2ccc(Cl)cc2Cl)C(Cc2ccccc2)C(=O)NC(C)C)c2ccc(C)c(C)c2)cc1. The molecule has 46 heavy (non-hydrogen) atoms. The van der Waals surface area contributed by atoms with E-state index in [1.807, 2.05) is 71.0 Å². The Morgan fingerprint density at radius 1 is 0.826 bits per heavy atom. The molecule has 7 nitrogen and oxygen atoms in total. The van der Waals surface area contributed by atoms with Crippen LogP contribution >= 0.6 is 23.2 Å². The summed E-state index contributed by atoms with van der Waals surface area (Å²) in [6.07, 6.45) is 0.199. The summed E-state index contributed by atoms with van der Waals surface area (Å²) < 4.78 is 29.6. The van der Waals surface area contributed by atoms with Gasteiger partial charge in [-0.1, -0.05) is 83.4 Å². The monoisotopic (exact) mass is 679 g/mol. The van der Waals surface area contributed by atoms with Crippen molar-refractivity contribution in [3.05, 3.63) is 129 Å². The number of hydrogen-bond acceptors (Lipinski definition) is 4. The van der Waals surface area contributed by atoms with Crippen molar-refractivity contribution in [3.63, 3.8) is 0 Å². The number of nitrogens with one attached hydrogen (secondary N) is 1. The summed E-state index contributed by atoms with van der Waals surface area (Å²) in [5.74, 6) is -0.934. The van der Waals surface area contributed by atoms with E-state index in [0.29, 0.717) is 21.3 Å². The van der Waals surface area contributed by atoms with Crippen LogP contribution < -0.4 is 9.62 Å². The smallest absolute Gasteiger partial charge is 0.264 e. The highest BCUT2D eigenvalue weighted by atomic mass is 35.5. The second-order valence-corrected chi connectivity index (χ2v) is 14.4. The van der Waals surface area contributed by atoms with Gasteiger partial charge >= 0.3 is 0 Å². The van der Waals surface area contributed by atoms with E-state index in [4.69, 9.17) is 23.2 Å². The first kappa shape index (κ1) is 35.0. The van der Waals surface area contributed by atoms with E-state index in [2.05, 4.69) is 5.32 Å². The van der Waals surface area contributed by atoms with Gasteiger partial charge in [0.15, 0.2) is 0 Å². The van der Waals surface area contributed by atoms with Crippen molar-refractivity contribution in [2.75, 3.05) is 10.8 Å². The third-order valence-corrected chi connectivity index (χ3v) is 10.1. The molecule has 0 heterocycles. The topological polar surface area (TPSA) is 86.8 Å². The molecule has 0 radical (unpaired) electrons. The molecule has 0 bridgehead atoms. The molecule has 0 saturated carbocycles. The minimum absolute atomic E-state index is 0.0508. The van der Waals surface area contributed by atoms with E-state index in [1.54, 1.807) is 42.5 Å². The molecule has 0 fully saturated rings. The van der Waals surface area contributed by atoms with Crippen LogP contribution in [0.5, 0.6) is 0 Å². The van der Waals surface area contributed by atoms with Crippen LogP contribution in [0, 0.1) is 20.8 Å². The molecular weight excluding hydrogens is 641 g/mol. The van der Waals surface area contributed by atoms with Gasteiger partial charge in [-0.3, -0.25) is 13.9 Å². The van der Waals surface area contributed by atoms with Gasteiger partial charge in [-0.25, -0.2) is 8.42 Å². The van der Waals surface area contributed by atoms with Crippen LogP contribution in [-0.4, -0.2) is 43.8 Å². The Hall–Kier alpha value is -3.85. The Bertz CT molecular complexity index is 1800. The molecule has 242 valence electrons. The number of hydrogen-bond donors (Lipinski definition) is 1. The van der Waals surface area contributed by atoms with Gasteiger partial charge in [-0.05, 0) is 93.3 Å². The van der Waals surface area contributed by atoms with Gasteiger partial charge < -0.3 is 10.2 Å². The van der Waals surface area contributed by atoms with E-state index in [1.165, 1.54) is 17.0 Å². The third kappa shape index (κ3) is 8.69. The molecule has 2 amide bonds. The van der Waals surface area contributed by atoms with Gasteiger partial charge in [0, 0.05) is 29.1 Å². The zero-order valence-corrected chi connectivity index (χ0v) is 29.0. The predicted molar refractivity (Wildman–Crippen MR) is 186 cm³/mol. The van der Waals surface area contributed by atoms with Crippen molar-refractivity contribution in [3.8, 4) is 0 Å². The lowest BCUT2D eigenvalue weighted by Crippen LogP contribution is -2.54. The van der Waals surface area contributed by atoms with Crippen LogP contribution in [0.25, 0.3) is 0 Å². The highest BCUT2D eigenvalue weighted by Crippen LogP contribution is 2.28. The molecule has 0 spiro atoms. The van der Waals surface area contributed by atoms with Crippen LogP contribution in [0.3, 0.4) is 0 Å². The number of halogens is 2. The van der Waals surface area contributed by atoms with Crippen molar-refractivity contribution >= 4 is 50.7 Å². The fraction of sp³-hybridized carbons (Fsp3) is 0.278. The van der Waals surface area contributed by atoms with Crippen LogP contribution in [0.15, 0.2) is 95.9 Å². The second kappa shape index (κ2) is 15.2. The number of nitrogens with zero attached hydrogens (tertiary/aromatic N) is 2. The van der Waals surface area contributed by atoms with Gasteiger partial charge in [0.25, 0.3) is 10.0 Å². The molecular formula is C36H39Cl2N3O4S. The van der Waals surface area contributed by atoms with Crippen molar-refractivity contribution in [1.29, 1.82) is 0 Å². The number of aryl methyl sites for hydroxylation is 3. The lowest BCUT2D eigenvalue weighted by molar-refractivity contribution is -0.140. The number of rotatable bonds is 12. The molecule has 0 aliphatic carbocycles. The molecule has 4 aromatic carbocycles. The number of anilines is 1. The molecule has 10 heteroatoms. The van der Waals surface area contributed by atoms with Crippen molar-refractivity contribution in [1.82, 2.24) is 10.2 Å². The van der Waals surface area contributed by atoms with Crippen LogP contribution in [0.1, 0.15) is 41.7 Å². The van der Waals surface area contributed by atoms with Crippen molar-refractivity contribution in [2.45, 2.75) is 64.6 Å². The van der Waals surface area contributed by atoms with Gasteiger partial charge in [0.05, 0.1) is 10.6 Å². The van der Waals surface area contributed by atoms with E-state index in [9.17, 15) is 18.0 Å². The lowest BCUT2D eigenvalue weighted by atomic mass is 10.0. The summed E-state index contributed by atoms with van der Waals surface area (Å²) in [6.45, 7) is 8.77. The Morgan fingerprint density at radius 2 is 1.50 bits per heavy atom. The molecule has 1 unspecified atom stereocenters. The normalized spacial score (nSPS) is 12.1. The summed E-state index contributed by atoms with van der Waals surface area (Å²) in [7, 11) is -4.20. The third-order valence-electron chi connectivity index (χ3n) is 7.72. The predicted octanol–water partition coefficient (Wildman–Crippen LogP) is 7.28. The van der Waals surface area contributed by atoms with E-state index in [0.717, 1.165) is 26.6 Å². The lowest BCUT2D eigenvalue weighted by Gasteiger charge is -2.34. The summed E-state index contributed by atoms with van der Waals surface area (Å²) in [4.78, 5) is 29.9. The highest BCUT2D eigenvalue weighted by Gasteiger charge is 2.35. The summed E-state index contributed by atoms with van der Waals surface area (Å²) in [6, 6.07) is 24.9.